The minimum absolute atomic E-state index is 0.188. The van der Waals surface area contributed by atoms with Gasteiger partial charge in [-0.05, 0) is 38.5 Å². The molecule has 6 unspecified atom stereocenters. The van der Waals surface area contributed by atoms with Crippen molar-refractivity contribution >= 4 is 17.9 Å². The van der Waals surface area contributed by atoms with E-state index in [4.69, 9.17) is 18.9 Å². The van der Waals surface area contributed by atoms with Gasteiger partial charge in [0.05, 0.1) is 6.61 Å². The molecular weight excluding hydrogens is 837 g/mol. The molecule has 0 aliphatic carbocycles. The van der Waals surface area contributed by atoms with Crippen LogP contribution in [0.25, 0.3) is 0 Å². The van der Waals surface area contributed by atoms with Crippen molar-refractivity contribution in [2.75, 3.05) is 13.2 Å². The van der Waals surface area contributed by atoms with Crippen LogP contribution in [0.5, 0.6) is 0 Å². The highest BCUT2D eigenvalue weighted by molar-refractivity contribution is 5.73. The van der Waals surface area contributed by atoms with E-state index in [1.54, 1.807) is 0 Å². The second-order valence-corrected chi connectivity index (χ2v) is 19.4. The van der Waals surface area contributed by atoms with Crippen LogP contribution in [-0.4, -0.2) is 88.4 Å². The molecule has 0 saturated carbocycles. The van der Waals surface area contributed by atoms with Gasteiger partial charge in [-0.1, -0.05) is 231 Å². The zero-order valence-electron chi connectivity index (χ0n) is 42.5. The number of hydrogen-bond donors (Lipinski definition) is 4. The van der Waals surface area contributed by atoms with E-state index in [9.17, 15) is 34.8 Å². The predicted octanol–water partition coefficient (Wildman–Crippen LogP) is 13.6. The maximum Gasteiger partial charge on any atom is 0.335 e. The van der Waals surface area contributed by atoms with Crippen molar-refractivity contribution in [1.29, 1.82) is 0 Å². The van der Waals surface area contributed by atoms with Gasteiger partial charge >= 0.3 is 17.9 Å². The number of carbonyl (C=O) groups is 3. The average Bonchev–Trinajstić information content (AvgIpc) is 3.30. The molecule has 6 atom stereocenters. The number of carboxylic acid groups (broad SMARTS) is 1. The number of allylic oxidation sites excluding steroid dienone is 2. The summed E-state index contributed by atoms with van der Waals surface area (Å²) in [5.74, 6) is -2.43. The molecule has 0 amide bonds. The van der Waals surface area contributed by atoms with Crippen molar-refractivity contribution in [1.82, 2.24) is 0 Å². The Bertz CT molecular complexity index is 1150. The molecule has 0 spiro atoms. The summed E-state index contributed by atoms with van der Waals surface area (Å²) in [5.41, 5.74) is 0. The molecule has 4 N–H and O–H groups in total. The number of aliphatic carboxylic acids is 1. The van der Waals surface area contributed by atoms with Gasteiger partial charge in [0.1, 0.15) is 24.9 Å². The number of rotatable bonds is 48. The van der Waals surface area contributed by atoms with E-state index in [2.05, 4.69) is 26.0 Å². The normalized spacial score (nSPS) is 19.1. The maximum atomic E-state index is 12.9. The highest BCUT2D eigenvalue weighted by atomic mass is 16.7. The van der Waals surface area contributed by atoms with Gasteiger partial charge in [0.15, 0.2) is 18.5 Å². The zero-order chi connectivity index (χ0) is 48.1. The number of aliphatic hydroxyl groups excluding tert-OH is 3. The lowest BCUT2D eigenvalue weighted by atomic mass is 9.99. The predicted molar refractivity (Wildman–Crippen MR) is 266 cm³/mol. The maximum absolute atomic E-state index is 12.9. The number of esters is 2. The zero-order valence-corrected chi connectivity index (χ0v) is 42.5. The number of carbonyl (C=O) groups excluding carboxylic acids is 2. The number of unbranched alkanes of at least 4 members (excludes halogenated alkanes) is 35. The van der Waals surface area contributed by atoms with Crippen LogP contribution in [0.2, 0.25) is 0 Å². The third-order valence-electron chi connectivity index (χ3n) is 13.1. The third-order valence-corrected chi connectivity index (χ3v) is 13.1. The minimum atomic E-state index is -1.86. The molecule has 0 aromatic rings. The quantitative estimate of drug-likeness (QED) is 0.0260. The van der Waals surface area contributed by atoms with Crippen molar-refractivity contribution in [3.05, 3.63) is 12.2 Å². The Morgan fingerprint density at radius 2 is 0.803 bits per heavy atom. The fourth-order valence-electron chi connectivity index (χ4n) is 8.76. The summed E-state index contributed by atoms with van der Waals surface area (Å²) in [6.45, 7) is 3.86. The van der Waals surface area contributed by atoms with E-state index in [-0.39, 0.29) is 26.1 Å². The summed E-state index contributed by atoms with van der Waals surface area (Å²) in [6, 6.07) is 0. The van der Waals surface area contributed by atoms with E-state index >= 15 is 0 Å². The third kappa shape index (κ3) is 36.0. The number of carboxylic acids is 1. The van der Waals surface area contributed by atoms with Crippen LogP contribution >= 0.6 is 0 Å². The highest BCUT2D eigenvalue weighted by Crippen LogP contribution is 2.23. The smallest absolute Gasteiger partial charge is 0.335 e. The number of hydrogen-bond acceptors (Lipinski definition) is 10. The van der Waals surface area contributed by atoms with Gasteiger partial charge in [0.25, 0.3) is 0 Å². The van der Waals surface area contributed by atoms with Crippen LogP contribution in [0.1, 0.15) is 271 Å². The first-order chi connectivity index (χ1) is 32.2. The molecule has 1 heterocycles. The van der Waals surface area contributed by atoms with Gasteiger partial charge in [0.2, 0.25) is 0 Å². The van der Waals surface area contributed by atoms with Crippen LogP contribution in [0.4, 0.5) is 0 Å². The van der Waals surface area contributed by atoms with Crippen LogP contribution in [-0.2, 0) is 33.3 Å². The van der Waals surface area contributed by atoms with Crippen LogP contribution in [0.3, 0.4) is 0 Å². The summed E-state index contributed by atoms with van der Waals surface area (Å²) in [6.07, 6.45) is 42.7. The van der Waals surface area contributed by atoms with Crippen molar-refractivity contribution in [3.63, 3.8) is 0 Å². The molecule has 1 rings (SSSR count). The van der Waals surface area contributed by atoms with E-state index in [0.717, 1.165) is 57.8 Å². The minimum Gasteiger partial charge on any atom is -0.479 e. The standard InChI is InChI=1S/C55H102O11/c1-3-5-7-9-11-13-15-17-19-21-22-23-24-25-26-27-28-30-32-34-36-38-40-42-44-49(57)65-47(46-64-55-52(60)50(58)51(59)53(66-55)54(61)62)45-63-48(56)43-41-39-37-35-33-31-29-20-18-16-14-12-10-8-6-4-2/h20,29,47,50-53,55,58-60H,3-19,21-28,30-46H2,1-2H3,(H,61,62)/b29-20-. The molecule has 388 valence electrons. The molecule has 1 aliphatic rings. The van der Waals surface area contributed by atoms with Gasteiger partial charge in [-0.15, -0.1) is 0 Å². The Kier molecular flexibility index (Phi) is 42.6. The molecule has 1 fully saturated rings. The van der Waals surface area contributed by atoms with Gasteiger partial charge in [-0.25, -0.2) is 4.79 Å². The molecule has 1 aliphatic heterocycles. The second-order valence-electron chi connectivity index (χ2n) is 19.4. The lowest BCUT2D eigenvalue weighted by Gasteiger charge is -2.38. The van der Waals surface area contributed by atoms with Gasteiger partial charge in [-0.3, -0.25) is 9.59 Å². The molecule has 11 nitrogen and oxygen atoms in total. The first kappa shape index (κ1) is 62.0. The fraction of sp³-hybridized carbons (Fsp3) is 0.909. The monoisotopic (exact) mass is 939 g/mol. The Morgan fingerprint density at radius 3 is 1.18 bits per heavy atom. The van der Waals surface area contributed by atoms with Crippen LogP contribution in [0.15, 0.2) is 12.2 Å². The summed E-state index contributed by atoms with van der Waals surface area (Å²) in [5, 5.41) is 40.0. The summed E-state index contributed by atoms with van der Waals surface area (Å²) in [7, 11) is 0. The molecule has 11 heteroatoms. The van der Waals surface area contributed by atoms with Gasteiger partial charge in [0, 0.05) is 12.8 Å². The van der Waals surface area contributed by atoms with Gasteiger partial charge in [-0.2, -0.15) is 0 Å². The van der Waals surface area contributed by atoms with E-state index in [1.807, 2.05) is 0 Å². The first-order valence-corrected chi connectivity index (χ1v) is 27.7. The molecule has 0 aromatic heterocycles. The van der Waals surface area contributed by atoms with Gasteiger partial charge < -0.3 is 39.4 Å². The number of ether oxygens (including phenoxy) is 4. The Labute approximate surface area is 403 Å². The van der Waals surface area contributed by atoms with Crippen LogP contribution < -0.4 is 0 Å². The molecular formula is C55H102O11. The number of aliphatic hydroxyl groups is 3. The SMILES string of the molecule is CCCCCCCCC/C=C\CCCCCCCC(=O)OCC(COC1OC(C(=O)O)C(O)C(O)C1O)OC(=O)CCCCCCCCCCCCCCCCCCCCCCCCCC. The second kappa shape index (κ2) is 45.4. The first-order valence-electron chi connectivity index (χ1n) is 27.7. The summed E-state index contributed by atoms with van der Waals surface area (Å²) in [4.78, 5) is 37.0. The van der Waals surface area contributed by atoms with E-state index in [1.165, 1.54) is 173 Å². The van der Waals surface area contributed by atoms with Crippen molar-refractivity contribution in [2.45, 2.75) is 307 Å². The Balaban J connectivity index is 2.23. The molecule has 66 heavy (non-hydrogen) atoms. The molecule has 0 radical (unpaired) electrons. The lowest BCUT2D eigenvalue weighted by molar-refractivity contribution is -0.298. The fourth-order valence-corrected chi connectivity index (χ4v) is 8.76. The molecule has 0 aromatic carbocycles. The molecule has 1 saturated heterocycles. The topological polar surface area (TPSA) is 169 Å². The largest absolute Gasteiger partial charge is 0.479 e. The molecule has 0 bridgehead atoms. The summed E-state index contributed by atoms with van der Waals surface area (Å²) < 4.78 is 21.9. The van der Waals surface area contributed by atoms with Crippen molar-refractivity contribution < 1.29 is 53.8 Å². The summed E-state index contributed by atoms with van der Waals surface area (Å²) >= 11 is 0. The van der Waals surface area contributed by atoms with Crippen molar-refractivity contribution in [3.8, 4) is 0 Å². The van der Waals surface area contributed by atoms with E-state index < -0.39 is 54.7 Å². The average molecular weight is 939 g/mol. The lowest BCUT2D eigenvalue weighted by Crippen LogP contribution is -2.60. The highest BCUT2D eigenvalue weighted by Gasteiger charge is 2.47. The van der Waals surface area contributed by atoms with E-state index in [0.29, 0.717) is 12.8 Å². The van der Waals surface area contributed by atoms with Crippen LogP contribution in [0, 0.1) is 0 Å². The Hall–Kier alpha value is -2.05. The van der Waals surface area contributed by atoms with Crippen molar-refractivity contribution in [2.24, 2.45) is 0 Å². The Morgan fingerprint density at radius 1 is 0.455 bits per heavy atom.